The zero-order chi connectivity index (χ0) is 22.4. The summed E-state index contributed by atoms with van der Waals surface area (Å²) in [4.78, 5) is 41.4. The van der Waals surface area contributed by atoms with Gasteiger partial charge in [-0.3, -0.25) is 14.2 Å². The Labute approximate surface area is 179 Å². The molecule has 0 saturated heterocycles. The molecule has 3 aromatic rings. The molecule has 8 heteroatoms. The summed E-state index contributed by atoms with van der Waals surface area (Å²) >= 11 is 0. The van der Waals surface area contributed by atoms with E-state index in [0.717, 1.165) is 0 Å². The van der Waals surface area contributed by atoms with Gasteiger partial charge in [0.05, 0.1) is 19.3 Å². The number of carbonyl (C=O) groups is 2. The Hall–Kier alpha value is -3.94. The highest BCUT2D eigenvalue weighted by Crippen LogP contribution is 2.20. The first kappa shape index (κ1) is 21.8. The number of rotatable bonds is 7. The number of nitrogens with zero attached hydrogens (tertiary/aromatic N) is 2. The van der Waals surface area contributed by atoms with Crippen LogP contribution in [0.15, 0.2) is 59.4 Å². The Morgan fingerprint density at radius 2 is 1.74 bits per heavy atom. The number of aryl methyl sites for hydroxylation is 1. The molecule has 0 saturated carbocycles. The third-order valence-electron chi connectivity index (χ3n) is 4.47. The van der Waals surface area contributed by atoms with Crippen molar-refractivity contribution in [1.29, 1.82) is 0 Å². The van der Waals surface area contributed by atoms with Gasteiger partial charge in [-0.25, -0.2) is 9.78 Å². The number of nitrogens with one attached hydrogen (secondary N) is 1. The van der Waals surface area contributed by atoms with E-state index in [1.54, 1.807) is 69.5 Å². The third-order valence-corrected chi connectivity index (χ3v) is 4.47. The Bertz CT molecular complexity index is 1140. The van der Waals surface area contributed by atoms with E-state index in [2.05, 4.69) is 10.3 Å². The van der Waals surface area contributed by atoms with Crippen molar-refractivity contribution < 1.29 is 19.1 Å². The lowest BCUT2D eigenvalue weighted by molar-refractivity contribution is -0.116. The van der Waals surface area contributed by atoms with E-state index < -0.39 is 11.9 Å². The monoisotopic (exact) mass is 421 g/mol. The molecule has 160 valence electrons. The SMILES string of the molecule is CCOC(=O)c1ccc(NC(=O)Cn2c(-c3ccc(OC)cc3)nc(C)cc2=O)cc1. The molecule has 0 radical (unpaired) electrons. The third kappa shape index (κ3) is 5.36. The second-order valence-electron chi connectivity index (χ2n) is 6.72. The summed E-state index contributed by atoms with van der Waals surface area (Å²) in [6.07, 6.45) is 0. The molecule has 1 aromatic heterocycles. The van der Waals surface area contributed by atoms with Gasteiger partial charge in [-0.15, -0.1) is 0 Å². The Balaban J connectivity index is 1.81. The molecule has 1 N–H and O–H groups in total. The number of carbonyl (C=O) groups excluding carboxylic acids is 2. The summed E-state index contributed by atoms with van der Waals surface area (Å²) in [5, 5.41) is 2.73. The summed E-state index contributed by atoms with van der Waals surface area (Å²) in [7, 11) is 1.57. The topological polar surface area (TPSA) is 99.5 Å². The molecule has 0 aliphatic rings. The number of hydrogen-bond donors (Lipinski definition) is 1. The summed E-state index contributed by atoms with van der Waals surface area (Å²) < 4.78 is 11.4. The van der Waals surface area contributed by atoms with Crippen LogP contribution in [0.2, 0.25) is 0 Å². The number of amides is 1. The van der Waals surface area contributed by atoms with E-state index in [4.69, 9.17) is 9.47 Å². The first-order valence-electron chi connectivity index (χ1n) is 9.71. The fourth-order valence-electron chi connectivity index (χ4n) is 2.98. The van der Waals surface area contributed by atoms with E-state index in [1.165, 1.54) is 10.6 Å². The number of methoxy groups -OCH3 is 1. The Morgan fingerprint density at radius 3 is 2.35 bits per heavy atom. The second kappa shape index (κ2) is 9.71. The fourth-order valence-corrected chi connectivity index (χ4v) is 2.98. The highest BCUT2D eigenvalue weighted by atomic mass is 16.5. The van der Waals surface area contributed by atoms with Gasteiger partial charge in [-0.05, 0) is 62.4 Å². The van der Waals surface area contributed by atoms with Crippen LogP contribution in [0.5, 0.6) is 5.75 Å². The molecular formula is C23H23N3O5. The second-order valence-corrected chi connectivity index (χ2v) is 6.72. The molecule has 0 atom stereocenters. The van der Waals surface area contributed by atoms with Gasteiger partial charge >= 0.3 is 5.97 Å². The molecule has 0 aliphatic carbocycles. The van der Waals surface area contributed by atoms with Crippen LogP contribution >= 0.6 is 0 Å². The molecule has 0 fully saturated rings. The molecule has 8 nitrogen and oxygen atoms in total. The summed E-state index contributed by atoms with van der Waals surface area (Å²) in [6, 6.07) is 14.8. The van der Waals surface area contributed by atoms with Crippen molar-refractivity contribution in [3.63, 3.8) is 0 Å². The summed E-state index contributed by atoms with van der Waals surface area (Å²) in [5.41, 5.74) is 1.80. The van der Waals surface area contributed by atoms with Crippen LogP contribution in [0.3, 0.4) is 0 Å². The van der Waals surface area contributed by atoms with E-state index >= 15 is 0 Å². The van der Waals surface area contributed by atoms with Gasteiger partial charge in [-0.2, -0.15) is 0 Å². The minimum Gasteiger partial charge on any atom is -0.497 e. The number of aromatic nitrogens is 2. The lowest BCUT2D eigenvalue weighted by Gasteiger charge is -2.13. The first-order chi connectivity index (χ1) is 14.9. The Kier molecular flexibility index (Phi) is 6.81. The molecule has 0 spiro atoms. The largest absolute Gasteiger partial charge is 0.497 e. The predicted molar refractivity (Wildman–Crippen MR) is 116 cm³/mol. The van der Waals surface area contributed by atoms with Gasteiger partial charge < -0.3 is 14.8 Å². The number of ether oxygens (including phenoxy) is 2. The molecule has 0 bridgehead atoms. The van der Waals surface area contributed by atoms with Gasteiger partial charge in [0.25, 0.3) is 5.56 Å². The summed E-state index contributed by atoms with van der Waals surface area (Å²) in [5.74, 6) is 0.239. The fraction of sp³-hybridized carbons (Fsp3) is 0.217. The van der Waals surface area contributed by atoms with Crippen molar-refractivity contribution in [2.45, 2.75) is 20.4 Å². The minimum atomic E-state index is -0.429. The van der Waals surface area contributed by atoms with Crippen molar-refractivity contribution >= 4 is 17.6 Å². The van der Waals surface area contributed by atoms with Gasteiger partial charge in [0, 0.05) is 23.0 Å². The lowest BCUT2D eigenvalue weighted by Crippen LogP contribution is -2.29. The molecule has 3 rings (SSSR count). The van der Waals surface area contributed by atoms with Crippen molar-refractivity contribution in [3.8, 4) is 17.1 Å². The maximum absolute atomic E-state index is 12.6. The zero-order valence-electron chi connectivity index (χ0n) is 17.5. The van der Waals surface area contributed by atoms with Gasteiger partial charge in [0.15, 0.2) is 0 Å². The lowest BCUT2D eigenvalue weighted by atomic mass is 10.2. The average Bonchev–Trinajstić information content (AvgIpc) is 2.76. The molecule has 0 unspecified atom stereocenters. The van der Waals surface area contributed by atoms with Crippen molar-refractivity contribution in [1.82, 2.24) is 9.55 Å². The van der Waals surface area contributed by atoms with Crippen LogP contribution in [0.4, 0.5) is 5.69 Å². The van der Waals surface area contributed by atoms with Crippen LogP contribution < -0.4 is 15.6 Å². The van der Waals surface area contributed by atoms with Gasteiger partial charge in [0.1, 0.15) is 18.1 Å². The highest BCUT2D eigenvalue weighted by Gasteiger charge is 2.14. The number of benzene rings is 2. The van der Waals surface area contributed by atoms with Crippen LogP contribution in [-0.4, -0.2) is 35.1 Å². The zero-order valence-corrected chi connectivity index (χ0v) is 17.5. The van der Waals surface area contributed by atoms with Crippen molar-refractivity contribution in [2.24, 2.45) is 0 Å². The number of anilines is 1. The minimum absolute atomic E-state index is 0.215. The van der Waals surface area contributed by atoms with Crippen molar-refractivity contribution in [3.05, 3.63) is 76.2 Å². The Morgan fingerprint density at radius 1 is 1.06 bits per heavy atom. The molecule has 31 heavy (non-hydrogen) atoms. The van der Waals surface area contributed by atoms with Gasteiger partial charge in [-0.1, -0.05) is 0 Å². The average molecular weight is 421 g/mol. The van der Waals surface area contributed by atoms with E-state index in [9.17, 15) is 14.4 Å². The van der Waals surface area contributed by atoms with Crippen LogP contribution in [0.25, 0.3) is 11.4 Å². The molecular weight excluding hydrogens is 398 g/mol. The predicted octanol–water partition coefficient (Wildman–Crippen LogP) is 3.04. The van der Waals surface area contributed by atoms with Crippen LogP contribution in [0, 0.1) is 6.92 Å². The first-order valence-corrected chi connectivity index (χ1v) is 9.71. The van der Waals surface area contributed by atoms with E-state index in [-0.39, 0.29) is 18.7 Å². The van der Waals surface area contributed by atoms with E-state index in [1.807, 2.05) is 0 Å². The normalized spacial score (nSPS) is 10.4. The molecule has 2 aromatic carbocycles. The maximum atomic E-state index is 12.6. The van der Waals surface area contributed by atoms with Crippen molar-refractivity contribution in [2.75, 3.05) is 19.0 Å². The maximum Gasteiger partial charge on any atom is 0.338 e. The quantitative estimate of drug-likeness (QED) is 0.589. The molecule has 1 amide bonds. The van der Waals surface area contributed by atoms with Crippen LogP contribution in [0.1, 0.15) is 23.0 Å². The summed E-state index contributed by atoms with van der Waals surface area (Å²) in [6.45, 7) is 3.53. The van der Waals surface area contributed by atoms with Gasteiger partial charge in [0.2, 0.25) is 5.91 Å². The standard InChI is InChI=1S/C23H23N3O5/c1-4-31-23(29)17-5-9-18(10-6-17)25-20(27)14-26-21(28)13-15(2)24-22(26)16-7-11-19(30-3)12-8-16/h5-13H,4,14H2,1-3H3,(H,25,27). The van der Waals surface area contributed by atoms with Crippen LogP contribution in [-0.2, 0) is 16.1 Å². The molecule has 1 heterocycles. The smallest absolute Gasteiger partial charge is 0.338 e. The van der Waals surface area contributed by atoms with E-state index in [0.29, 0.717) is 34.1 Å². The highest BCUT2D eigenvalue weighted by molar-refractivity contribution is 5.93. The molecule has 0 aliphatic heterocycles. The number of esters is 1. The number of hydrogen-bond acceptors (Lipinski definition) is 6.